The summed E-state index contributed by atoms with van der Waals surface area (Å²) < 4.78 is 0. The second-order valence-corrected chi connectivity index (χ2v) is 10.4. The smallest absolute Gasteiger partial charge is 0.0245 e. The molecule has 0 aliphatic carbocycles. The molecule has 0 saturated heterocycles. The zero-order valence-electron chi connectivity index (χ0n) is 23.3. The van der Waals surface area contributed by atoms with Crippen molar-refractivity contribution in [3.63, 3.8) is 0 Å². The van der Waals surface area contributed by atoms with Gasteiger partial charge in [0, 0.05) is 0 Å². The first-order valence-electron chi connectivity index (χ1n) is 13.1. The maximum absolute atomic E-state index is 2.27. The summed E-state index contributed by atoms with van der Waals surface area (Å²) in [7, 11) is 0. The van der Waals surface area contributed by atoms with Gasteiger partial charge in [-0.2, -0.15) is 0 Å². The Bertz CT molecular complexity index is 1370. The van der Waals surface area contributed by atoms with Gasteiger partial charge in [0.15, 0.2) is 0 Å². The lowest BCUT2D eigenvalue weighted by Crippen LogP contribution is -1.88. The highest BCUT2D eigenvalue weighted by Crippen LogP contribution is 2.22. The van der Waals surface area contributed by atoms with E-state index in [-0.39, 0.29) is 0 Å². The molecule has 0 spiro atoms. The average molecular weight is 483 g/mol. The molecule has 0 amide bonds. The highest BCUT2D eigenvalue weighted by atomic mass is 14.1. The van der Waals surface area contributed by atoms with Crippen LogP contribution in [0.1, 0.15) is 72.3 Å². The third-order valence-electron chi connectivity index (χ3n) is 7.38. The minimum absolute atomic E-state index is 1.19. The molecule has 0 heterocycles. The van der Waals surface area contributed by atoms with Crippen molar-refractivity contribution in [1.82, 2.24) is 0 Å². The van der Waals surface area contributed by atoms with Gasteiger partial charge in [0.05, 0.1) is 0 Å². The third kappa shape index (κ3) is 6.86. The van der Waals surface area contributed by atoms with Gasteiger partial charge in [-0.15, -0.1) is 0 Å². The van der Waals surface area contributed by atoms with Crippen molar-refractivity contribution < 1.29 is 0 Å². The molecule has 0 radical (unpaired) electrons. The van der Waals surface area contributed by atoms with E-state index in [0.717, 1.165) is 0 Å². The molecular formula is C37H38. The zero-order valence-corrected chi connectivity index (χ0v) is 23.3. The molecule has 0 N–H and O–H groups in total. The molecule has 0 unspecified atom stereocenters. The van der Waals surface area contributed by atoms with E-state index in [9.17, 15) is 0 Å². The molecule has 0 aliphatic heterocycles. The van der Waals surface area contributed by atoms with Crippen LogP contribution in [-0.4, -0.2) is 0 Å². The predicted octanol–water partition coefficient (Wildman–Crippen LogP) is 10.4. The van der Waals surface area contributed by atoms with Crippen LogP contribution in [0.25, 0.3) is 36.5 Å². The summed E-state index contributed by atoms with van der Waals surface area (Å²) in [5, 5.41) is 0. The van der Waals surface area contributed by atoms with Crippen LogP contribution in [0.15, 0.2) is 66.7 Å². The van der Waals surface area contributed by atoms with E-state index in [4.69, 9.17) is 0 Å². The highest BCUT2D eigenvalue weighted by molar-refractivity contribution is 5.79. The second-order valence-electron chi connectivity index (χ2n) is 10.4. The van der Waals surface area contributed by atoms with Crippen LogP contribution < -0.4 is 0 Å². The van der Waals surface area contributed by atoms with Gasteiger partial charge in [0.25, 0.3) is 0 Å². The van der Waals surface area contributed by atoms with Crippen molar-refractivity contribution in [1.29, 1.82) is 0 Å². The van der Waals surface area contributed by atoms with Gasteiger partial charge in [-0.25, -0.2) is 0 Å². The molecule has 0 aromatic heterocycles. The summed E-state index contributed by atoms with van der Waals surface area (Å²) >= 11 is 0. The van der Waals surface area contributed by atoms with E-state index in [2.05, 4.69) is 152 Å². The molecule has 37 heavy (non-hydrogen) atoms. The monoisotopic (exact) mass is 482 g/mol. The van der Waals surface area contributed by atoms with Crippen LogP contribution in [-0.2, 0) is 0 Å². The Labute approximate surface area is 223 Å². The molecular weight excluding hydrogens is 444 g/mol. The number of hydrogen-bond acceptors (Lipinski definition) is 0. The topological polar surface area (TPSA) is 0 Å². The van der Waals surface area contributed by atoms with Gasteiger partial charge in [-0.3, -0.25) is 0 Å². The first-order valence-corrected chi connectivity index (χ1v) is 13.1. The van der Waals surface area contributed by atoms with Crippen LogP contribution in [0.4, 0.5) is 0 Å². The Morgan fingerprint density at radius 3 is 0.919 bits per heavy atom. The SMILES string of the molecule is Cc1ccc(/C=C/c2cc(/C=C/c3cc(C)c(C)c(C)c3)cc(/C=C/c3cc(C)c(C)c(C)c3)c2)cc1. The Hall–Kier alpha value is -3.90. The maximum Gasteiger partial charge on any atom is -0.0245 e. The van der Waals surface area contributed by atoms with Crippen LogP contribution in [0.3, 0.4) is 0 Å². The van der Waals surface area contributed by atoms with E-state index >= 15 is 0 Å². The number of benzene rings is 4. The predicted molar refractivity (Wildman–Crippen MR) is 166 cm³/mol. The molecule has 0 saturated carbocycles. The molecule has 4 aromatic carbocycles. The fraction of sp³-hybridized carbons (Fsp3) is 0.189. The van der Waals surface area contributed by atoms with Crippen LogP contribution in [0, 0.1) is 48.5 Å². The van der Waals surface area contributed by atoms with Gasteiger partial charge in [0.1, 0.15) is 0 Å². The normalized spacial score (nSPS) is 11.9. The lowest BCUT2D eigenvalue weighted by Gasteiger charge is -2.07. The van der Waals surface area contributed by atoms with Gasteiger partial charge in [-0.05, 0) is 133 Å². The molecule has 0 fully saturated rings. The zero-order chi connectivity index (χ0) is 26.5. The molecule has 4 aromatic rings. The molecule has 0 atom stereocenters. The Balaban J connectivity index is 1.70. The summed E-state index contributed by atoms with van der Waals surface area (Å²) in [5.74, 6) is 0. The average Bonchev–Trinajstić information content (AvgIpc) is 2.87. The quantitative estimate of drug-likeness (QED) is 0.240. The molecule has 0 heteroatoms. The van der Waals surface area contributed by atoms with E-state index in [1.54, 1.807) is 0 Å². The van der Waals surface area contributed by atoms with Gasteiger partial charge >= 0.3 is 0 Å². The Morgan fingerprint density at radius 2 is 0.595 bits per heavy atom. The van der Waals surface area contributed by atoms with Crippen molar-refractivity contribution in [2.45, 2.75) is 48.5 Å². The third-order valence-corrected chi connectivity index (χ3v) is 7.38. The minimum atomic E-state index is 1.19. The summed E-state index contributed by atoms with van der Waals surface area (Å²) in [6, 6.07) is 24.5. The lowest BCUT2D eigenvalue weighted by molar-refractivity contribution is 1.26. The van der Waals surface area contributed by atoms with Gasteiger partial charge in [-0.1, -0.05) is 90.6 Å². The summed E-state index contributed by atoms with van der Waals surface area (Å²) in [6.45, 7) is 15.3. The van der Waals surface area contributed by atoms with Crippen molar-refractivity contribution in [2.24, 2.45) is 0 Å². The minimum Gasteiger partial charge on any atom is -0.0587 e. The fourth-order valence-corrected chi connectivity index (χ4v) is 4.58. The number of rotatable bonds is 6. The van der Waals surface area contributed by atoms with Crippen molar-refractivity contribution in [3.05, 3.63) is 139 Å². The Kier molecular flexibility index (Phi) is 8.09. The van der Waals surface area contributed by atoms with Crippen molar-refractivity contribution >= 4 is 36.5 Å². The summed E-state index contributed by atoms with van der Waals surface area (Å²) in [5.41, 5.74) is 16.6. The van der Waals surface area contributed by atoms with E-state index in [0.29, 0.717) is 0 Å². The second kappa shape index (κ2) is 11.4. The summed E-state index contributed by atoms with van der Waals surface area (Å²) in [6.07, 6.45) is 13.3. The standard InChI is InChI=1S/C37H38/c1-25-8-10-32(11-9-25)12-13-35-22-36(16-14-33-18-26(2)30(6)27(3)19-33)24-37(23-35)17-15-34-20-28(4)31(7)29(5)21-34/h8-24H,1-7H3/b13-12+,16-14+,17-15+. The first kappa shape index (κ1) is 26.2. The fourth-order valence-electron chi connectivity index (χ4n) is 4.58. The summed E-state index contributed by atoms with van der Waals surface area (Å²) in [4.78, 5) is 0. The first-order chi connectivity index (χ1) is 17.7. The van der Waals surface area contributed by atoms with Crippen molar-refractivity contribution in [3.8, 4) is 0 Å². The van der Waals surface area contributed by atoms with Crippen molar-refractivity contribution in [2.75, 3.05) is 0 Å². The van der Waals surface area contributed by atoms with Crippen LogP contribution in [0.5, 0.6) is 0 Å². The molecule has 186 valence electrons. The van der Waals surface area contributed by atoms with E-state index in [1.165, 1.54) is 72.3 Å². The lowest BCUT2D eigenvalue weighted by atomic mass is 9.98. The van der Waals surface area contributed by atoms with Gasteiger partial charge in [0.2, 0.25) is 0 Å². The molecule has 0 nitrogen and oxygen atoms in total. The maximum atomic E-state index is 2.27. The number of hydrogen-bond donors (Lipinski definition) is 0. The molecule has 0 aliphatic rings. The van der Waals surface area contributed by atoms with Gasteiger partial charge < -0.3 is 0 Å². The number of aryl methyl sites for hydroxylation is 5. The van der Waals surface area contributed by atoms with E-state index in [1.807, 2.05) is 0 Å². The van der Waals surface area contributed by atoms with Crippen LogP contribution >= 0.6 is 0 Å². The Morgan fingerprint density at radius 1 is 0.324 bits per heavy atom. The highest BCUT2D eigenvalue weighted by Gasteiger charge is 2.02. The largest absolute Gasteiger partial charge is 0.0587 e. The molecule has 4 rings (SSSR count). The van der Waals surface area contributed by atoms with Crippen LogP contribution in [0.2, 0.25) is 0 Å². The molecule has 0 bridgehead atoms. The van der Waals surface area contributed by atoms with E-state index < -0.39 is 0 Å².